The first-order chi connectivity index (χ1) is 9.66. The summed E-state index contributed by atoms with van der Waals surface area (Å²) in [5, 5.41) is 11.1. The monoisotopic (exact) mass is 306 g/mol. The minimum absolute atomic E-state index is 0.454. The van der Waals surface area contributed by atoms with E-state index < -0.39 is 0 Å². The third kappa shape index (κ3) is 4.31. The number of aromatic nitrogens is 2. The zero-order valence-corrected chi connectivity index (χ0v) is 13.0. The second kappa shape index (κ2) is 7.40. The second-order valence-corrected chi connectivity index (χ2v) is 6.00. The van der Waals surface area contributed by atoms with Gasteiger partial charge in [-0.2, -0.15) is 11.8 Å². The van der Waals surface area contributed by atoms with Crippen LogP contribution in [-0.4, -0.2) is 28.1 Å². The van der Waals surface area contributed by atoms with Gasteiger partial charge in [-0.25, -0.2) is 4.98 Å². The number of nitrogens with zero attached hydrogens (tertiary/aromatic N) is 1. The highest BCUT2D eigenvalue weighted by Crippen LogP contribution is 2.12. The van der Waals surface area contributed by atoms with E-state index in [2.05, 4.69) is 27.9 Å². The SMILES string of the molecule is Cc1[nH]cnc1CSCCNC(=N)c1ccc(S)cc1. The number of hydrogen-bond donors (Lipinski definition) is 4. The van der Waals surface area contributed by atoms with Crippen molar-refractivity contribution in [3.63, 3.8) is 0 Å². The van der Waals surface area contributed by atoms with Crippen LogP contribution in [0.2, 0.25) is 0 Å². The van der Waals surface area contributed by atoms with Crippen molar-refractivity contribution in [2.75, 3.05) is 12.3 Å². The van der Waals surface area contributed by atoms with Crippen LogP contribution in [0.15, 0.2) is 35.5 Å². The molecule has 1 heterocycles. The Balaban J connectivity index is 1.67. The maximum atomic E-state index is 7.95. The summed E-state index contributed by atoms with van der Waals surface area (Å²) in [6.45, 7) is 2.80. The van der Waals surface area contributed by atoms with Crippen LogP contribution in [0, 0.1) is 12.3 Å². The van der Waals surface area contributed by atoms with Crippen LogP contribution in [0.3, 0.4) is 0 Å². The van der Waals surface area contributed by atoms with Crippen molar-refractivity contribution in [2.45, 2.75) is 17.6 Å². The van der Waals surface area contributed by atoms with Crippen molar-refractivity contribution in [1.82, 2.24) is 15.3 Å². The number of H-pyrrole nitrogens is 1. The fourth-order valence-electron chi connectivity index (χ4n) is 1.68. The van der Waals surface area contributed by atoms with Gasteiger partial charge in [-0.1, -0.05) is 12.1 Å². The van der Waals surface area contributed by atoms with Crippen LogP contribution >= 0.6 is 24.4 Å². The second-order valence-electron chi connectivity index (χ2n) is 4.38. The molecule has 2 rings (SSSR count). The number of rotatable bonds is 6. The molecule has 1 aromatic carbocycles. The summed E-state index contributed by atoms with van der Waals surface area (Å²) in [5.74, 6) is 2.30. The lowest BCUT2D eigenvalue weighted by Crippen LogP contribution is -2.25. The predicted molar refractivity (Wildman–Crippen MR) is 88.0 cm³/mol. The van der Waals surface area contributed by atoms with Gasteiger partial charge >= 0.3 is 0 Å². The van der Waals surface area contributed by atoms with E-state index in [1.54, 1.807) is 6.33 Å². The molecule has 0 aliphatic rings. The number of thiol groups is 1. The van der Waals surface area contributed by atoms with E-state index in [0.29, 0.717) is 5.84 Å². The molecule has 0 bridgehead atoms. The molecule has 6 heteroatoms. The van der Waals surface area contributed by atoms with Crippen LogP contribution in [0.5, 0.6) is 0 Å². The number of benzene rings is 1. The van der Waals surface area contributed by atoms with Crippen molar-refractivity contribution in [2.24, 2.45) is 0 Å². The van der Waals surface area contributed by atoms with Crippen molar-refractivity contribution in [1.29, 1.82) is 5.41 Å². The smallest absolute Gasteiger partial charge is 0.125 e. The molecule has 0 fully saturated rings. The lowest BCUT2D eigenvalue weighted by Gasteiger charge is -2.08. The van der Waals surface area contributed by atoms with Gasteiger partial charge in [0.25, 0.3) is 0 Å². The van der Waals surface area contributed by atoms with Gasteiger partial charge in [0.15, 0.2) is 0 Å². The quantitative estimate of drug-likeness (QED) is 0.287. The highest BCUT2D eigenvalue weighted by molar-refractivity contribution is 7.98. The molecule has 0 saturated carbocycles. The first kappa shape index (κ1) is 15.0. The third-order valence-corrected chi connectivity index (χ3v) is 4.15. The van der Waals surface area contributed by atoms with Gasteiger partial charge in [0.1, 0.15) is 5.84 Å². The Morgan fingerprint density at radius 2 is 2.15 bits per heavy atom. The third-order valence-electron chi connectivity index (χ3n) is 2.88. The van der Waals surface area contributed by atoms with E-state index in [1.165, 1.54) is 0 Å². The number of imidazole rings is 1. The maximum absolute atomic E-state index is 7.95. The highest BCUT2D eigenvalue weighted by Gasteiger charge is 2.02. The van der Waals surface area contributed by atoms with E-state index in [4.69, 9.17) is 5.41 Å². The lowest BCUT2D eigenvalue weighted by atomic mass is 10.2. The van der Waals surface area contributed by atoms with Crippen molar-refractivity contribution < 1.29 is 0 Å². The van der Waals surface area contributed by atoms with Gasteiger partial charge < -0.3 is 10.3 Å². The number of amidine groups is 1. The standard InChI is InChI=1S/C14H18N4S2/c1-10-13(18-9-17-10)8-20-7-6-16-14(15)11-2-4-12(19)5-3-11/h2-5,9,19H,6-8H2,1H3,(H2,15,16)(H,17,18). The van der Waals surface area contributed by atoms with Crippen molar-refractivity contribution >= 4 is 30.2 Å². The van der Waals surface area contributed by atoms with Gasteiger partial charge in [0, 0.05) is 34.2 Å². The molecule has 0 radical (unpaired) electrons. The van der Waals surface area contributed by atoms with E-state index >= 15 is 0 Å². The summed E-state index contributed by atoms with van der Waals surface area (Å²) in [5.41, 5.74) is 3.12. The zero-order chi connectivity index (χ0) is 14.4. The molecule has 0 atom stereocenters. The Hall–Kier alpha value is -1.40. The van der Waals surface area contributed by atoms with Gasteiger partial charge in [-0.05, 0) is 19.1 Å². The van der Waals surface area contributed by atoms with Gasteiger partial charge in [-0.15, -0.1) is 12.6 Å². The average Bonchev–Trinajstić information content (AvgIpc) is 2.84. The Kier molecular flexibility index (Phi) is 5.55. The molecule has 0 saturated heterocycles. The van der Waals surface area contributed by atoms with Crippen LogP contribution in [0.4, 0.5) is 0 Å². The number of thioether (sulfide) groups is 1. The molecule has 1 aromatic heterocycles. The van der Waals surface area contributed by atoms with Crippen LogP contribution in [0.25, 0.3) is 0 Å². The first-order valence-electron chi connectivity index (χ1n) is 6.35. The molecule has 3 N–H and O–H groups in total. The normalized spacial score (nSPS) is 10.5. The number of aromatic amines is 1. The maximum Gasteiger partial charge on any atom is 0.125 e. The Morgan fingerprint density at radius 1 is 1.40 bits per heavy atom. The van der Waals surface area contributed by atoms with Gasteiger partial charge in [0.05, 0.1) is 12.0 Å². The molecule has 20 heavy (non-hydrogen) atoms. The lowest BCUT2D eigenvalue weighted by molar-refractivity contribution is 0.966. The molecule has 0 spiro atoms. The Morgan fingerprint density at radius 3 is 2.80 bits per heavy atom. The zero-order valence-electron chi connectivity index (χ0n) is 11.3. The predicted octanol–water partition coefficient (Wildman–Crippen LogP) is 2.86. The van der Waals surface area contributed by atoms with Crippen LogP contribution in [-0.2, 0) is 5.75 Å². The Labute approximate surface area is 128 Å². The van der Waals surface area contributed by atoms with Crippen LogP contribution in [0.1, 0.15) is 17.0 Å². The first-order valence-corrected chi connectivity index (χ1v) is 7.95. The Bertz CT molecular complexity index is 563. The molecule has 106 valence electrons. The molecule has 0 aliphatic carbocycles. The molecule has 0 amide bonds. The molecule has 4 nitrogen and oxygen atoms in total. The molecule has 2 aromatic rings. The number of nitrogens with one attached hydrogen (secondary N) is 3. The highest BCUT2D eigenvalue weighted by atomic mass is 32.2. The molecular formula is C14H18N4S2. The fourth-order valence-corrected chi connectivity index (χ4v) is 2.70. The minimum Gasteiger partial charge on any atom is -0.369 e. The average molecular weight is 306 g/mol. The van der Waals surface area contributed by atoms with Crippen molar-refractivity contribution in [3.8, 4) is 0 Å². The minimum atomic E-state index is 0.454. The molecular weight excluding hydrogens is 288 g/mol. The van der Waals surface area contributed by atoms with E-state index in [9.17, 15) is 0 Å². The summed E-state index contributed by atoms with van der Waals surface area (Å²) in [6.07, 6.45) is 1.73. The largest absolute Gasteiger partial charge is 0.369 e. The fraction of sp³-hybridized carbons (Fsp3) is 0.286. The van der Waals surface area contributed by atoms with Crippen molar-refractivity contribution in [3.05, 3.63) is 47.5 Å². The van der Waals surface area contributed by atoms with E-state index in [1.807, 2.05) is 43.0 Å². The number of hydrogen-bond acceptors (Lipinski definition) is 4. The summed E-state index contributed by atoms with van der Waals surface area (Å²) in [6, 6.07) is 7.59. The molecule has 0 aliphatic heterocycles. The summed E-state index contributed by atoms with van der Waals surface area (Å²) in [7, 11) is 0. The van der Waals surface area contributed by atoms with Crippen LogP contribution < -0.4 is 5.32 Å². The van der Waals surface area contributed by atoms with E-state index in [0.717, 1.165) is 39.9 Å². The summed E-state index contributed by atoms with van der Waals surface area (Å²) >= 11 is 6.04. The summed E-state index contributed by atoms with van der Waals surface area (Å²) < 4.78 is 0. The number of aryl methyl sites for hydroxylation is 1. The van der Waals surface area contributed by atoms with E-state index in [-0.39, 0.29) is 0 Å². The molecule has 0 unspecified atom stereocenters. The van der Waals surface area contributed by atoms with Gasteiger partial charge in [0.2, 0.25) is 0 Å². The summed E-state index contributed by atoms with van der Waals surface area (Å²) in [4.78, 5) is 8.24. The topological polar surface area (TPSA) is 64.6 Å². The van der Waals surface area contributed by atoms with Gasteiger partial charge in [-0.3, -0.25) is 5.41 Å².